The number of nitrogens with zero attached hydrogens (tertiary/aromatic N) is 1. The molecule has 1 heterocycles. The van der Waals surface area contributed by atoms with Gasteiger partial charge in [-0.05, 0) is 12.1 Å². The van der Waals surface area contributed by atoms with E-state index in [0.717, 1.165) is 0 Å². The molecular weight excluding hydrogens is 186 g/mol. The van der Waals surface area contributed by atoms with Crippen LogP contribution >= 0.6 is 0 Å². The lowest BCUT2D eigenvalue weighted by Gasteiger charge is -1.97. The lowest BCUT2D eigenvalue weighted by Crippen LogP contribution is -2.18. The van der Waals surface area contributed by atoms with Gasteiger partial charge in [0.25, 0.3) is 0 Å². The molecule has 0 unspecified atom stereocenters. The van der Waals surface area contributed by atoms with E-state index in [9.17, 15) is 9.00 Å². The van der Waals surface area contributed by atoms with Gasteiger partial charge < -0.3 is 7.43 Å². The average molecular weight is 199 g/mol. The zero-order valence-corrected chi connectivity index (χ0v) is 8.80. The van der Waals surface area contributed by atoms with Gasteiger partial charge in [0, 0.05) is 12.4 Å². The van der Waals surface area contributed by atoms with Crippen molar-refractivity contribution >= 4 is 15.0 Å². The van der Waals surface area contributed by atoms with E-state index < -0.39 is 9.93 Å². The van der Waals surface area contributed by atoms with Gasteiger partial charge in [0.2, 0.25) is 0 Å². The fourth-order valence-corrected chi connectivity index (χ4v) is 1.46. The van der Waals surface area contributed by atoms with Crippen LogP contribution in [0.4, 0.5) is 0 Å². The molecule has 0 saturated carbocycles. The first-order chi connectivity index (χ1) is 5.52. The van der Waals surface area contributed by atoms with Gasteiger partial charge in [-0.2, -0.15) is 0 Å². The number of hydrogen-bond donors (Lipinski definition) is 0. The Bertz CT molecular complexity index is 329. The molecule has 0 fully saturated rings. The minimum absolute atomic E-state index is 0. The van der Waals surface area contributed by atoms with Crippen LogP contribution in [0, 0.1) is 7.43 Å². The third-order valence-corrected chi connectivity index (χ3v) is 2.47. The van der Waals surface area contributed by atoms with E-state index in [-0.39, 0.29) is 12.5 Å². The summed E-state index contributed by atoms with van der Waals surface area (Å²) in [7, 11) is -2.38. The topological polar surface area (TPSA) is 47.0 Å². The summed E-state index contributed by atoms with van der Waals surface area (Å²) in [5.74, 6) is 0. The first-order valence-electron chi connectivity index (χ1n) is 3.40. The second-order valence-corrected chi connectivity index (χ2v) is 5.60. The highest BCUT2D eigenvalue weighted by atomic mass is 32.2. The van der Waals surface area contributed by atoms with Crippen molar-refractivity contribution in [2.75, 3.05) is 12.5 Å². The van der Waals surface area contributed by atoms with Crippen molar-refractivity contribution in [1.29, 1.82) is 0 Å². The van der Waals surface area contributed by atoms with Crippen LogP contribution in [-0.2, 0) is 14.1 Å². The maximum atomic E-state index is 11.4. The van der Waals surface area contributed by atoms with Crippen LogP contribution in [0.3, 0.4) is 0 Å². The normalized spacial score (nSPS) is 10.3. The van der Waals surface area contributed by atoms with Crippen molar-refractivity contribution in [2.24, 2.45) is 0 Å². The van der Waals surface area contributed by atoms with E-state index in [2.05, 4.69) is 4.98 Å². The molecule has 0 aliphatic heterocycles. The van der Waals surface area contributed by atoms with Gasteiger partial charge >= 0.3 is 5.12 Å². The average Bonchev–Trinajstić information content (AvgIpc) is 2.03. The van der Waals surface area contributed by atoms with Crippen molar-refractivity contribution in [1.82, 2.24) is 4.98 Å². The summed E-state index contributed by atoms with van der Waals surface area (Å²) < 4.78 is 11.3. The van der Waals surface area contributed by atoms with Crippen molar-refractivity contribution < 1.29 is 9.00 Å². The predicted molar refractivity (Wildman–Crippen MR) is 54.9 cm³/mol. The molecule has 0 radical (unpaired) electrons. The quantitative estimate of drug-likeness (QED) is 0.508. The molecule has 0 atom stereocenters. The number of hydrogen-bond acceptors (Lipinski definition) is 3. The summed E-state index contributed by atoms with van der Waals surface area (Å²) in [5, 5.41) is -0.337. The lowest BCUT2D eigenvalue weighted by atomic mass is 10.3. The summed E-state index contributed by atoms with van der Waals surface area (Å²) >= 11 is 0. The molecule has 1 aromatic heterocycles. The maximum Gasteiger partial charge on any atom is 0.365 e. The number of carbonyl (C=O) groups is 1. The smallest absolute Gasteiger partial charge is 0.358 e. The Kier molecular flexibility index (Phi) is 3.94. The molecule has 0 N–H and O–H groups in total. The van der Waals surface area contributed by atoms with E-state index in [4.69, 9.17) is 0 Å². The van der Waals surface area contributed by atoms with Crippen LogP contribution in [0.2, 0.25) is 0 Å². The Labute approximate surface area is 79.6 Å². The van der Waals surface area contributed by atoms with Crippen LogP contribution in [0.15, 0.2) is 24.5 Å². The third kappa shape index (κ3) is 3.06. The SMILES string of the molecule is C[S+](C)(=O)C(=O)c1cccnc1.[CH3-]. The molecule has 0 spiro atoms. The zero-order chi connectivity index (χ0) is 9.19. The van der Waals surface area contributed by atoms with E-state index in [1.807, 2.05) is 0 Å². The number of rotatable bonds is 1. The number of carbonyl (C=O) groups excluding carboxylic acids is 1. The first kappa shape index (κ1) is 12.0. The Balaban J connectivity index is 0.00000144. The zero-order valence-electron chi connectivity index (χ0n) is 7.98. The molecule has 1 aromatic rings. The van der Waals surface area contributed by atoms with Gasteiger partial charge in [-0.25, -0.2) is 4.79 Å². The second kappa shape index (κ2) is 4.28. The minimum atomic E-state index is -2.38. The predicted octanol–water partition coefficient (Wildman–Crippen LogP) is 1.43. The molecular formula is C9H13NO2S. The standard InChI is InChI=1S/C8H10NO2S.CH3/c1-12(2,11)8(10)7-4-3-5-9-6-7;/h3-6H,1-2H3;1H3/q+1;-1. The Morgan fingerprint density at radius 3 is 2.46 bits per heavy atom. The summed E-state index contributed by atoms with van der Waals surface area (Å²) in [6.45, 7) is 0. The Hall–Kier alpha value is -1.03. The summed E-state index contributed by atoms with van der Waals surface area (Å²) in [4.78, 5) is 15.1. The van der Waals surface area contributed by atoms with Crippen molar-refractivity contribution in [3.63, 3.8) is 0 Å². The summed E-state index contributed by atoms with van der Waals surface area (Å²) in [6, 6.07) is 3.26. The van der Waals surface area contributed by atoms with Gasteiger partial charge in [0.1, 0.15) is 22.4 Å². The van der Waals surface area contributed by atoms with Crippen molar-refractivity contribution in [3.05, 3.63) is 37.5 Å². The summed E-state index contributed by atoms with van der Waals surface area (Å²) in [6.07, 6.45) is 5.86. The Morgan fingerprint density at radius 2 is 2.08 bits per heavy atom. The van der Waals surface area contributed by atoms with Gasteiger partial charge in [-0.1, -0.05) is 4.21 Å². The fourth-order valence-electron chi connectivity index (χ4n) is 0.767. The van der Waals surface area contributed by atoms with Crippen LogP contribution in [0.1, 0.15) is 10.4 Å². The molecule has 0 saturated heterocycles. The number of aromatic nitrogens is 1. The van der Waals surface area contributed by atoms with Crippen molar-refractivity contribution in [2.45, 2.75) is 0 Å². The van der Waals surface area contributed by atoms with Crippen LogP contribution in [-0.4, -0.2) is 22.6 Å². The maximum absolute atomic E-state index is 11.4. The summed E-state index contributed by atoms with van der Waals surface area (Å²) in [5.41, 5.74) is 0.410. The van der Waals surface area contributed by atoms with Crippen LogP contribution in [0.25, 0.3) is 0 Å². The monoisotopic (exact) mass is 199 g/mol. The Morgan fingerprint density at radius 1 is 1.46 bits per heavy atom. The van der Waals surface area contributed by atoms with E-state index in [1.165, 1.54) is 18.7 Å². The molecule has 0 aliphatic rings. The van der Waals surface area contributed by atoms with Crippen LogP contribution < -0.4 is 0 Å². The van der Waals surface area contributed by atoms with Gasteiger partial charge in [0.15, 0.2) is 0 Å². The molecule has 0 aliphatic carbocycles. The molecule has 4 heteroatoms. The minimum Gasteiger partial charge on any atom is -0.358 e. The molecule has 0 aromatic carbocycles. The molecule has 72 valence electrons. The highest BCUT2D eigenvalue weighted by Crippen LogP contribution is 2.06. The van der Waals surface area contributed by atoms with Gasteiger partial charge in [-0.3, -0.25) is 4.98 Å². The molecule has 1 rings (SSSR count). The van der Waals surface area contributed by atoms with E-state index in [0.29, 0.717) is 5.56 Å². The molecule has 13 heavy (non-hydrogen) atoms. The van der Waals surface area contributed by atoms with E-state index >= 15 is 0 Å². The van der Waals surface area contributed by atoms with Crippen LogP contribution in [0.5, 0.6) is 0 Å². The fraction of sp³-hybridized carbons (Fsp3) is 0.222. The highest BCUT2D eigenvalue weighted by Gasteiger charge is 2.27. The number of pyridine rings is 1. The van der Waals surface area contributed by atoms with Gasteiger partial charge in [0.05, 0.1) is 5.56 Å². The lowest BCUT2D eigenvalue weighted by molar-refractivity contribution is 0.107. The highest BCUT2D eigenvalue weighted by molar-refractivity contribution is 8.15. The van der Waals surface area contributed by atoms with Gasteiger partial charge in [-0.15, -0.1) is 0 Å². The molecule has 0 bridgehead atoms. The molecule has 3 nitrogen and oxygen atoms in total. The van der Waals surface area contributed by atoms with E-state index in [1.54, 1.807) is 18.3 Å². The largest absolute Gasteiger partial charge is 0.365 e. The third-order valence-electron chi connectivity index (χ3n) is 1.34. The molecule has 0 amide bonds. The second-order valence-electron chi connectivity index (χ2n) is 2.76. The first-order valence-corrected chi connectivity index (χ1v) is 5.78. The van der Waals surface area contributed by atoms with Crippen molar-refractivity contribution in [3.8, 4) is 0 Å².